The van der Waals surface area contributed by atoms with Gasteiger partial charge < -0.3 is 12.0 Å². The molecule has 0 saturated heterocycles. The third-order valence-corrected chi connectivity index (χ3v) is 0.804. The SMILES string of the molecule is [CH2-]CC(O)CC. The summed E-state index contributed by atoms with van der Waals surface area (Å²) in [6.07, 6.45) is 1.28. The molecule has 0 aromatic carbocycles. The number of rotatable bonds is 2. The van der Waals surface area contributed by atoms with Crippen molar-refractivity contribution in [1.82, 2.24) is 0 Å². The van der Waals surface area contributed by atoms with Crippen LogP contribution in [0.15, 0.2) is 0 Å². The predicted molar refractivity (Wildman–Crippen MR) is 26.3 cm³/mol. The van der Waals surface area contributed by atoms with E-state index in [1.807, 2.05) is 6.92 Å². The molecule has 38 valence electrons. The first-order valence-electron chi connectivity index (χ1n) is 2.28. The number of hydrogen-bond acceptors (Lipinski definition) is 1. The van der Waals surface area contributed by atoms with Crippen molar-refractivity contribution in [2.24, 2.45) is 0 Å². The molecule has 0 spiro atoms. The van der Waals surface area contributed by atoms with E-state index in [2.05, 4.69) is 6.92 Å². The van der Waals surface area contributed by atoms with Gasteiger partial charge in [-0.25, -0.2) is 0 Å². The Bertz CT molecular complexity index is 23.1. The maximum Gasteiger partial charge on any atom is 0.0267 e. The Morgan fingerprint density at radius 3 is 2.33 bits per heavy atom. The van der Waals surface area contributed by atoms with Gasteiger partial charge in [-0.2, -0.15) is 6.42 Å². The summed E-state index contributed by atoms with van der Waals surface area (Å²) in [4.78, 5) is 0. The van der Waals surface area contributed by atoms with Gasteiger partial charge in [-0.3, -0.25) is 0 Å². The molecule has 0 bridgehead atoms. The van der Waals surface area contributed by atoms with E-state index in [1.54, 1.807) is 0 Å². The molecule has 0 heterocycles. The molecule has 0 aliphatic rings. The van der Waals surface area contributed by atoms with Gasteiger partial charge in [0, 0.05) is 6.10 Å². The Morgan fingerprint density at radius 2 is 2.33 bits per heavy atom. The molecule has 0 amide bonds. The first-order chi connectivity index (χ1) is 2.81. The van der Waals surface area contributed by atoms with Crippen molar-refractivity contribution in [3.8, 4) is 0 Å². The second-order valence-electron chi connectivity index (χ2n) is 1.35. The second kappa shape index (κ2) is 3.16. The Morgan fingerprint density at radius 1 is 1.83 bits per heavy atom. The van der Waals surface area contributed by atoms with Crippen LogP contribution in [0.3, 0.4) is 0 Å². The van der Waals surface area contributed by atoms with E-state index in [4.69, 9.17) is 5.11 Å². The van der Waals surface area contributed by atoms with Crippen LogP contribution in [0.2, 0.25) is 0 Å². The molecule has 0 saturated carbocycles. The summed E-state index contributed by atoms with van der Waals surface area (Å²) in [5.74, 6) is 0. The van der Waals surface area contributed by atoms with Crippen molar-refractivity contribution in [1.29, 1.82) is 0 Å². The van der Waals surface area contributed by atoms with Gasteiger partial charge in [-0.15, -0.1) is 0 Å². The van der Waals surface area contributed by atoms with Crippen molar-refractivity contribution in [2.45, 2.75) is 25.9 Å². The normalized spacial score (nSPS) is 14.5. The highest BCUT2D eigenvalue weighted by atomic mass is 16.3. The Kier molecular flexibility index (Phi) is 3.14. The van der Waals surface area contributed by atoms with E-state index < -0.39 is 0 Å². The Balaban J connectivity index is 2.75. The Hall–Kier alpha value is -0.0400. The first kappa shape index (κ1) is 5.96. The van der Waals surface area contributed by atoms with Crippen LogP contribution in [0.25, 0.3) is 0 Å². The lowest BCUT2D eigenvalue weighted by atomic mass is 10.2. The maximum absolute atomic E-state index is 8.60. The van der Waals surface area contributed by atoms with Crippen molar-refractivity contribution in [3.05, 3.63) is 6.92 Å². The fraction of sp³-hybridized carbons (Fsp3) is 0.800. The van der Waals surface area contributed by atoms with Gasteiger partial charge in [0.15, 0.2) is 0 Å². The minimum atomic E-state index is -0.176. The van der Waals surface area contributed by atoms with Crippen LogP contribution in [0, 0.1) is 6.92 Å². The summed E-state index contributed by atoms with van der Waals surface area (Å²) in [6.45, 7) is 5.45. The number of aliphatic hydroxyl groups is 1. The van der Waals surface area contributed by atoms with E-state index in [0.717, 1.165) is 6.42 Å². The molecule has 0 rings (SSSR count). The molecule has 1 N–H and O–H groups in total. The molecule has 0 radical (unpaired) electrons. The van der Waals surface area contributed by atoms with Gasteiger partial charge in [0.05, 0.1) is 0 Å². The van der Waals surface area contributed by atoms with E-state index >= 15 is 0 Å². The quantitative estimate of drug-likeness (QED) is 0.498. The lowest BCUT2D eigenvalue weighted by Gasteiger charge is -2.03. The standard InChI is InChI=1S/C5H11O/c1-3-5(6)4-2/h5-6H,1,3-4H2,2H3/q-1. The highest BCUT2D eigenvalue weighted by Crippen LogP contribution is 1.91. The average Bonchev–Trinajstić information content (AvgIpc) is 1.65. The third-order valence-electron chi connectivity index (χ3n) is 0.804. The lowest BCUT2D eigenvalue weighted by Crippen LogP contribution is -1.99. The van der Waals surface area contributed by atoms with Crippen LogP contribution in [0.1, 0.15) is 19.8 Å². The van der Waals surface area contributed by atoms with Crippen LogP contribution in [0.5, 0.6) is 0 Å². The van der Waals surface area contributed by atoms with E-state index in [9.17, 15) is 0 Å². The first-order valence-corrected chi connectivity index (χ1v) is 2.28. The van der Waals surface area contributed by atoms with Crippen molar-refractivity contribution < 1.29 is 5.11 Å². The molecule has 0 aromatic heterocycles. The molecule has 1 heteroatoms. The van der Waals surface area contributed by atoms with Crippen molar-refractivity contribution in [2.75, 3.05) is 0 Å². The fourth-order valence-corrected chi connectivity index (χ4v) is 0.204. The van der Waals surface area contributed by atoms with Crippen LogP contribution >= 0.6 is 0 Å². The predicted octanol–water partition coefficient (Wildman–Crippen LogP) is 0.981. The van der Waals surface area contributed by atoms with Crippen molar-refractivity contribution >= 4 is 0 Å². The summed E-state index contributed by atoms with van der Waals surface area (Å²) < 4.78 is 0. The third kappa shape index (κ3) is 2.21. The van der Waals surface area contributed by atoms with Crippen molar-refractivity contribution in [3.63, 3.8) is 0 Å². The van der Waals surface area contributed by atoms with E-state index in [0.29, 0.717) is 6.42 Å². The Labute approximate surface area is 39.0 Å². The van der Waals surface area contributed by atoms with Gasteiger partial charge in [-0.05, 0) is 6.42 Å². The average molecular weight is 87.1 g/mol. The second-order valence-corrected chi connectivity index (χ2v) is 1.35. The largest absolute Gasteiger partial charge is 0.396 e. The van der Waals surface area contributed by atoms with Crippen LogP contribution in [-0.2, 0) is 0 Å². The molecule has 0 aliphatic heterocycles. The number of aliphatic hydroxyl groups excluding tert-OH is 1. The minimum Gasteiger partial charge on any atom is -0.396 e. The lowest BCUT2D eigenvalue weighted by molar-refractivity contribution is 0.173. The molecule has 0 fully saturated rings. The van der Waals surface area contributed by atoms with Gasteiger partial charge >= 0.3 is 0 Å². The maximum atomic E-state index is 8.60. The summed E-state index contributed by atoms with van der Waals surface area (Å²) in [5.41, 5.74) is 0. The van der Waals surface area contributed by atoms with Crippen LogP contribution < -0.4 is 0 Å². The molecular weight excluding hydrogens is 76.1 g/mol. The molecule has 1 atom stereocenters. The van der Waals surface area contributed by atoms with E-state index in [-0.39, 0.29) is 6.10 Å². The highest BCUT2D eigenvalue weighted by molar-refractivity contribution is 4.50. The minimum absolute atomic E-state index is 0.176. The molecule has 0 aliphatic carbocycles. The number of hydrogen-bond donors (Lipinski definition) is 1. The summed E-state index contributed by atoms with van der Waals surface area (Å²) in [5, 5.41) is 8.60. The zero-order valence-corrected chi connectivity index (χ0v) is 4.15. The monoisotopic (exact) mass is 87.1 g/mol. The smallest absolute Gasteiger partial charge is 0.0267 e. The van der Waals surface area contributed by atoms with Gasteiger partial charge in [0.25, 0.3) is 0 Å². The fourth-order valence-electron chi connectivity index (χ4n) is 0.204. The molecule has 1 nitrogen and oxygen atoms in total. The zero-order valence-electron chi connectivity index (χ0n) is 4.15. The zero-order chi connectivity index (χ0) is 4.99. The summed E-state index contributed by atoms with van der Waals surface area (Å²) in [7, 11) is 0. The highest BCUT2D eigenvalue weighted by Gasteiger charge is 1.85. The van der Waals surface area contributed by atoms with Gasteiger partial charge in [-0.1, -0.05) is 6.92 Å². The topological polar surface area (TPSA) is 20.2 Å². The molecule has 6 heavy (non-hydrogen) atoms. The molecular formula is C5H11O-. The van der Waals surface area contributed by atoms with Gasteiger partial charge in [0.2, 0.25) is 0 Å². The summed E-state index contributed by atoms with van der Waals surface area (Å²) >= 11 is 0. The summed E-state index contributed by atoms with van der Waals surface area (Å²) in [6, 6.07) is 0. The van der Waals surface area contributed by atoms with E-state index in [1.165, 1.54) is 0 Å². The van der Waals surface area contributed by atoms with Crippen LogP contribution in [0.4, 0.5) is 0 Å². The molecule has 1 unspecified atom stereocenters. The molecule has 0 aromatic rings. The van der Waals surface area contributed by atoms with Crippen LogP contribution in [-0.4, -0.2) is 11.2 Å². The van der Waals surface area contributed by atoms with Gasteiger partial charge in [0.1, 0.15) is 0 Å².